The van der Waals surface area contributed by atoms with Crippen molar-refractivity contribution < 1.29 is 39.4 Å². The molecule has 0 radical (unpaired) electrons. The first-order chi connectivity index (χ1) is 20.8. The van der Waals surface area contributed by atoms with E-state index in [0.29, 0.717) is 23.5 Å². The van der Waals surface area contributed by atoms with Gasteiger partial charge in [0, 0.05) is 0 Å². The molecule has 236 valence electrons. The Hall–Kier alpha value is -2.99. The fraction of sp³-hybridized carbons (Fsp3) is 0.545. The van der Waals surface area contributed by atoms with Gasteiger partial charge in [0.2, 0.25) is 5.43 Å². The first-order valence-electron chi connectivity index (χ1n) is 15.3. The van der Waals surface area contributed by atoms with Crippen molar-refractivity contribution in [2.24, 2.45) is 0 Å². The van der Waals surface area contributed by atoms with E-state index in [4.69, 9.17) is 13.9 Å². The molecule has 0 unspecified atom stereocenters. The lowest BCUT2D eigenvalue weighted by molar-refractivity contribution is -0.231. The van der Waals surface area contributed by atoms with Crippen LogP contribution >= 0.6 is 0 Å². The quantitative estimate of drug-likeness (QED) is 0.163. The zero-order valence-electron chi connectivity index (χ0n) is 25.0. The van der Waals surface area contributed by atoms with E-state index in [0.717, 1.165) is 32.5 Å². The number of aliphatic hydroxyl groups is 4. The summed E-state index contributed by atoms with van der Waals surface area (Å²) in [6.07, 6.45) is 0.761. The minimum Gasteiger partial charge on any atom is -0.507 e. The molecule has 4 rings (SSSR count). The summed E-state index contributed by atoms with van der Waals surface area (Å²) in [4.78, 5) is 16.0. The van der Waals surface area contributed by atoms with E-state index in [1.807, 2.05) is 12.1 Å². The molecule has 10 heteroatoms. The Morgan fingerprint density at radius 3 is 2.19 bits per heavy atom. The fourth-order valence-electron chi connectivity index (χ4n) is 5.48. The average molecular weight is 600 g/mol. The highest BCUT2D eigenvalue weighted by molar-refractivity contribution is 5.86. The van der Waals surface area contributed by atoms with Gasteiger partial charge in [-0.3, -0.25) is 4.79 Å². The number of ether oxygens (including phenoxy) is 2. The summed E-state index contributed by atoms with van der Waals surface area (Å²) in [5.41, 5.74) is 0.467. The molecular formula is C33H45NO9. The zero-order valence-corrected chi connectivity index (χ0v) is 25.0. The molecule has 2 heterocycles. The van der Waals surface area contributed by atoms with Gasteiger partial charge in [-0.25, -0.2) is 0 Å². The molecule has 1 fully saturated rings. The third kappa shape index (κ3) is 7.75. The maximum Gasteiger partial charge on any atom is 0.200 e. The van der Waals surface area contributed by atoms with Crippen LogP contribution in [0.3, 0.4) is 0 Å². The van der Waals surface area contributed by atoms with Crippen LogP contribution in [0.2, 0.25) is 0 Å². The van der Waals surface area contributed by atoms with Crippen molar-refractivity contribution in [2.45, 2.75) is 82.9 Å². The Kier molecular flexibility index (Phi) is 12.0. The van der Waals surface area contributed by atoms with Crippen molar-refractivity contribution in [2.75, 3.05) is 32.8 Å². The SMILES string of the molecule is CCCCN(CCCC)CCCCOc1ccc(-c2coc3c([C@@H]4O[C@H](CO)[C@@H](O)[C@H](O)[C@H]4O)c(O)ccc3c2=O)cc1. The van der Waals surface area contributed by atoms with Gasteiger partial charge in [0.05, 0.1) is 29.7 Å². The van der Waals surface area contributed by atoms with Crippen molar-refractivity contribution in [3.8, 4) is 22.6 Å². The average Bonchev–Trinajstić information content (AvgIpc) is 3.02. The van der Waals surface area contributed by atoms with Crippen LogP contribution in [0.4, 0.5) is 0 Å². The molecule has 0 bridgehead atoms. The monoisotopic (exact) mass is 599 g/mol. The summed E-state index contributed by atoms with van der Waals surface area (Å²) in [7, 11) is 0. The van der Waals surface area contributed by atoms with Crippen molar-refractivity contribution in [3.63, 3.8) is 0 Å². The number of aliphatic hydroxyl groups excluding tert-OH is 4. The first kappa shape index (κ1) is 32.9. The summed E-state index contributed by atoms with van der Waals surface area (Å²) in [6, 6.07) is 9.88. The second kappa shape index (κ2) is 15.7. The Morgan fingerprint density at radius 2 is 1.53 bits per heavy atom. The lowest BCUT2D eigenvalue weighted by Gasteiger charge is -2.40. The van der Waals surface area contributed by atoms with Crippen LogP contribution in [0.1, 0.15) is 64.0 Å². The van der Waals surface area contributed by atoms with Crippen molar-refractivity contribution in [1.82, 2.24) is 4.90 Å². The molecule has 1 saturated heterocycles. The zero-order chi connectivity index (χ0) is 30.9. The Bertz CT molecular complexity index is 1350. The highest BCUT2D eigenvalue weighted by Gasteiger charge is 2.45. The van der Waals surface area contributed by atoms with E-state index in [1.54, 1.807) is 12.1 Å². The number of benzene rings is 2. The van der Waals surface area contributed by atoms with Gasteiger partial charge < -0.3 is 44.3 Å². The van der Waals surface area contributed by atoms with Crippen LogP contribution in [0.25, 0.3) is 22.1 Å². The summed E-state index contributed by atoms with van der Waals surface area (Å²) in [5, 5.41) is 51.3. The van der Waals surface area contributed by atoms with E-state index in [1.165, 1.54) is 44.1 Å². The van der Waals surface area contributed by atoms with E-state index >= 15 is 0 Å². The lowest BCUT2D eigenvalue weighted by atomic mass is 9.89. The van der Waals surface area contributed by atoms with Gasteiger partial charge in [-0.15, -0.1) is 0 Å². The van der Waals surface area contributed by atoms with Gasteiger partial charge in [0.25, 0.3) is 0 Å². The molecule has 2 aromatic carbocycles. The molecule has 3 aromatic rings. The number of phenolic OH excluding ortho intramolecular Hbond substituents is 1. The molecule has 0 saturated carbocycles. The van der Waals surface area contributed by atoms with Gasteiger partial charge in [-0.05, 0) is 75.1 Å². The van der Waals surface area contributed by atoms with E-state index < -0.39 is 37.1 Å². The molecule has 0 amide bonds. The van der Waals surface area contributed by atoms with E-state index in [9.17, 15) is 30.3 Å². The molecule has 0 aliphatic carbocycles. The van der Waals surface area contributed by atoms with Gasteiger partial charge in [-0.1, -0.05) is 38.8 Å². The largest absolute Gasteiger partial charge is 0.507 e. The number of fused-ring (bicyclic) bond motifs is 1. The van der Waals surface area contributed by atoms with Crippen molar-refractivity contribution >= 4 is 11.0 Å². The van der Waals surface area contributed by atoms with Gasteiger partial charge in [0.1, 0.15) is 53.9 Å². The van der Waals surface area contributed by atoms with E-state index in [2.05, 4.69) is 18.7 Å². The van der Waals surface area contributed by atoms with Crippen LogP contribution in [-0.4, -0.2) is 87.7 Å². The van der Waals surface area contributed by atoms with Crippen molar-refractivity contribution in [3.05, 3.63) is 58.4 Å². The smallest absolute Gasteiger partial charge is 0.200 e. The summed E-state index contributed by atoms with van der Waals surface area (Å²) >= 11 is 0. The third-order valence-corrected chi connectivity index (χ3v) is 8.09. The molecule has 1 aliphatic rings. The predicted molar refractivity (Wildman–Crippen MR) is 163 cm³/mol. The van der Waals surface area contributed by atoms with Crippen molar-refractivity contribution in [1.29, 1.82) is 0 Å². The summed E-state index contributed by atoms with van der Waals surface area (Å²) < 4.78 is 17.4. The lowest BCUT2D eigenvalue weighted by Crippen LogP contribution is -2.55. The van der Waals surface area contributed by atoms with Crippen LogP contribution in [-0.2, 0) is 4.74 Å². The first-order valence-corrected chi connectivity index (χ1v) is 15.3. The number of nitrogens with zero attached hydrogens (tertiary/aromatic N) is 1. The maximum absolute atomic E-state index is 13.5. The molecule has 0 spiro atoms. The number of rotatable bonds is 15. The maximum atomic E-state index is 13.5. The molecular weight excluding hydrogens is 554 g/mol. The highest BCUT2D eigenvalue weighted by Crippen LogP contribution is 2.40. The minimum atomic E-state index is -1.65. The predicted octanol–water partition coefficient (Wildman–Crippen LogP) is 3.74. The van der Waals surface area contributed by atoms with E-state index in [-0.39, 0.29) is 27.7 Å². The second-order valence-electron chi connectivity index (χ2n) is 11.2. The molecule has 5 atom stereocenters. The number of unbranched alkanes of at least 4 members (excludes halogenated alkanes) is 3. The molecule has 1 aliphatic heterocycles. The third-order valence-electron chi connectivity index (χ3n) is 8.09. The standard InChI is InChI=1S/C33H45NO9/c1-3-5-15-34(16-6-4-2)17-7-8-18-41-22-11-9-21(10-12-22)24-20-42-32-23(28(24)37)13-14-25(36)27(32)33-31(40)30(39)29(38)26(19-35)43-33/h9-14,20,26,29-31,33,35-36,38-40H,3-8,15-19H2,1-2H3/t26-,29-,30+,31-,33+/m1/s1. The molecule has 1 aromatic heterocycles. The summed E-state index contributed by atoms with van der Waals surface area (Å²) in [5.74, 6) is 0.376. The highest BCUT2D eigenvalue weighted by atomic mass is 16.5. The van der Waals surface area contributed by atoms with Gasteiger partial charge in [0.15, 0.2) is 0 Å². The normalized spacial score (nSPS) is 22.3. The molecule has 5 N–H and O–H groups in total. The van der Waals surface area contributed by atoms with Crippen LogP contribution in [0, 0.1) is 0 Å². The number of hydrogen-bond donors (Lipinski definition) is 5. The van der Waals surface area contributed by atoms with Crippen LogP contribution < -0.4 is 10.2 Å². The Labute approximate surface area is 252 Å². The number of hydrogen-bond acceptors (Lipinski definition) is 10. The van der Waals surface area contributed by atoms with Gasteiger partial charge >= 0.3 is 0 Å². The fourth-order valence-corrected chi connectivity index (χ4v) is 5.48. The topological polar surface area (TPSA) is 153 Å². The second-order valence-corrected chi connectivity index (χ2v) is 11.2. The number of aromatic hydroxyl groups is 1. The van der Waals surface area contributed by atoms with Crippen LogP contribution in [0.5, 0.6) is 11.5 Å². The summed E-state index contributed by atoms with van der Waals surface area (Å²) in [6.45, 7) is 7.80. The van der Waals surface area contributed by atoms with Gasteiger partial charge in [-0.2, -0.15) is 0 Å². The number of phenols is 1. The molecule has 43 heavy (non-hydrogen) atoms. The Morgan fingerprint density at radius 1 is 0.860 bits per heavy atom. The Balaban J connectivity index is 1.44. The molecule has 10 nitrogen and oxygen atoms in total. The van der Waals surface area contributed by atoms with Crippen LogP contribution in [0.15, 0.2) is 51.9 Å². The minimum absolute atomic E-state index is 0.0269.